The minimum Gasteiger partial charge on any atom is -0.452 e. The second-order valence-corrected chi connectivity index (χ2v) is 6.06. The maximum Gasteiger partial charge on any atom is 0.311 e. The maximum absolute atomic E-state index is 12.3. The van der Waals surface area contributed by atoms with Gasteiger partial charge in [-0.2, -0.15) is 0 Å². The molecule has 0 saturated heterocycles. The number of para-hydroxylation sites is 1. The van der Waals surface area contributed by atoms with E-state index in [1.165, 1.54) is 0 Å². The Hall–Kier alpha value is -2.33. The number of ether oxygens (including phenoxy) is 1. The van der Waals surface area contributed by atoms with Gasteiger partial charge >= 0.3 is 5.97 Å². The molecule has 0 aliphatic carbocycles. The molecular weight excluding hydrogens is 326 g/mol. The Morgan fingerprint density at radius 3 is 2.33 bits per heavy atom. The molecule has 2 aromatic carbocycles. The molecule has 0 spiro atoms. The van der Waals surface area contributed by atoms with Gasteiger partial charge in [0, 0.05) is 10.7 Å². The zero-order chi connectivity index (χ0) is 17.7. The normalized spacial score (nSPS) is 11.7. The zero-order valence-electron chi connectivity index (χ0n) is 13.9. The van der Waals surface area contributed by atoms with E-state index >= 15 is 0 Å². The van der Waals surface area contributed by atoms with Gasteiger partial charge in [0.25, 0.3) is 5.91 Å². The lowest BCUT2D eigenvalue weighted by atomic mass is 10.1. The van der Waals surface area contributed by atoms with Crippen LogP contribution in [0.4, 0.5) is 5.69 Å². The van der Waals surface area contributed by atoms with Crippen LogP contribution in [0.5, 0.6) is 0 Å². The number of esters is 1. The fraction of sp³-hybridized carbons (Fsp3) is 0.263. The maximum atomic E-state index is 12.3. The van der Waals surface area contributed by atoms with Crippen molar-refractivity contribution < 1.29 is 14.3 Å². The second kappa shape index (κ2) is 7.97. The third-order valence-corrected chi connectivity index (χ3v) is 4.07. The first-order valence-electron chi connectivity index (χ1n) is 7.68. The van der Waals surface area contributed by atoms with Gasteiger partial charge in [-0.05, 0) is 43.5 Å². The lowest BCUT2D eigenvalue weighted by Crippen LogP contribution is -2.31. The standard InChI is InChI=1S/C19H20ClNO3/c1-12-7-6-8-13(2)18(12)21-19(23)14(3)24-17(22)11-15-9-4-5-10-16(15)20/h4-10,14H,11H2,1-3H3,(H,21,23)/t14-/m0/s1. The molecular formula is C19H20ClNO3. The number of anilines is 1. The van der Waals surface area contributed by atoms with E-state index < -0.39 is 12.1 Å². The van der Waals surface area contributed by atoms with Crippen LogP contribution in [-0.2, 0) is 20.7 Å². The second-order valence-electron chi connectivity index (χ2n) is 5.66. The zero-order valence-corrected chi connectivity index (χ0v) is 14.7. The van der Waals surface area contributed by atoms with E-state index in [9.17, 15) is 9.59 Å². The van der Waals surface area contributed by atoms with Crippen LogP contribution in [0.2, 0.25) is 5.02 Å². The summed E-state index contributed by atoms with van der Waals surface area (Å²) >= 11 is 6.02. The molecule has 0 aliphatic rings. The predicted octanol–water partition coefficient (Wildman–Crippen LogP) is 4.07. The quantitative estimate of drug-likeness (QED) is 0.831. The van der Waals surface area contributed by atoms with Crippen molar-refractivity contribution in [2.75, 3.05) is 5.32 Å². The van der Waals surface area contributed by atoms with Gasteiger partial charge in [0.2, 0.25) is 0 Å². The molecule has 1 N–H and O–H groups in total. The summed E-state index contributed by atoms with van der Waals surface area (Å²) in [6.45, 7) is 5.38. The van der Waals surface area contributed by atoms with Crippen molar-refractivity contribution in [3.8, 4) is 0 Å². The van der Waals surface area contributed by atoms with E-state index in [1.807, 2.05) is 32.0 Å². The molecule has 0 heterocycles. The Morgan fingerprint density at radius 2 is 1.71 bits per heavy atom. The summed E-state index contributed by atoms with van der Waals surface area (Å²) in [5, 5.41) is 3.32. The van der Waals surface area contributed by atoms with Crippen LogP contribution in [0.3, 0.4) is 0 Å². The Labute approximate surface area is 146 Å². The van der Waals surface area contributed by atoms with Crippen molar-refractivity contribution >= 4 is 29.2 Å². The molecule has 0 unspecified atom stereocenters. The third kappa shape index (κ3) is 4.59. The van der Waals surface area contributed by atoms with Gasteiger partial charge in [-0.15, -0.1) is 0 Å². The van der Waals surface area contributed by atoms with Crippen LogP contribution in [0, 0.1) is 13.8 Å². The molecule has 0 radical (unpaired) electrons. The van der Waals surface area contributed by atoms with Crippen LogP contribution in [0.15, 0.2) is 42.5 Å². The van der Waals surface area contributed by atoms with Gasteiger partial charge in [0.1, 0.15) is 0 Å². The Kier molecular flexibility index (Phi) is 5.99. The predicted molar refractivity (Wildman–Crippen MR) is 95.3 cm³/mol. The third-order valence-electron chi connectivity index (χ3n) is 3.70. The highest BCUT2D eigenvalue weighted by Gasteiger charge is 2.19. The molecule has 2 rings (SSSR count). The highest BCUT2D eigenvalue weighted by Crippen LogP contribution is 2.20. The summed E-state index contributed by atoms with van der Waals surface area (Å²) in [7, 11) is 0. The molecule has 1 amide bonds. The van der Waals surface area contributed by atoms with Gasteiger partial charge in [-0.25, -0.2) is 0 Å². The summed E-state index contributed by atoms with van der Waals surface area (Å²) in [6, 6.07) is 12.8. The molecule has 126 valence electrons. The van der Waals surface area contributed by atoms with Gasteiger partial charge in [-0.3, -0.25) is 9.59 Å². The summed E-state index contributed by atoms with van der Waals surface area (Å²) < 4.78 is 5.21. The Balaban J connectivity index is 1.96. The van der Waals surface area contributed by atoms with Crippen molar-refractivity contribution in [1.29, 1.82) is 0 Å². The van der Waals surface area contributed by atoms with Crippen LogP contribution >= 0.6 is 11.6 Å². The van der Waals surface area contributed by atoms with E-state index in [0.717, 1.165) is 16.8 Å². The number of carbonyl (C=O) groups excluding carboxylic acids is 2. The van der Waals surface area contributed by atoms with E-state index in [1.54, 1.807) is 31.2 Å². The van der Waals surface area contributed by atoms with Crippen LogP contribution in [0.1, 0.15) is 23.6 Å². The first-order chi connectivity index (χ1) is 11.4. The average molecular weight is 346 g/mol. The summed E-state index contributed by atoms with van der Waals surface area (Å²) in [4.78, 5) is 24.3. The Bertz CT molecular complexity index is 738. The van der Waals surface area contributed by atoms with Crippen molar-refractivity contribution in [3.05, 3.63) is 64.2 Å². The lowest BCUT2D eigenvalue weighted by molar-refractivity contribution is -0.152. The molecule has 4 nitrogen and oxygen atoms in total. The first-order valence-corrected chi connectivity index (χ1v) is 8.06. The van der Waals surface area contributed by atoms with E-state index in [-0.39, 0.29) is 12.3 Å². The Morgan fingerprint density at radius 1 is 1.08 bits per heavy atom. The molecule has 0 aromatic heterocycles. The largest absolute Gasteiger partial charge is 0.452 e. The van der Waals surface area contributed by atoms with E-state index in [0.29, 0.717) is 10.6 Å². The smallest absolute Gasteiger partial charge is 0.311 e. The number of benzene rings is 2. The summed E-state index contributed by atoms with van der Waals surface area (Å²) in [5.41, 5.74) is 3.33. The first kappa shape index (κ1) is 18.0. The molecule has 0 saturated carbocycles. The molecule has 5 heteroatoms. The number of rotatable bonds is 5. The van der Waals surface area contributed by atoms with E-state index in [2.05, 4.69) is 5.32 Å². The van der Waals surface area contributed by atoms with Crippen molar-refractivity contribution in [3.63, 3.8) is 0 Å². The van der Waals surface area contributed by atoms with Crippen LogP contribution in [-0.4, -0.2) is 18.0 Å². The van der Waals surface area contributed by atoms with Crippen molar-refractivity contribution in [2.24, 2.45) is 0 Å². The minimum atomic E-state index is -0.890. The fourth-order valence-electron chi connectivity index (χ4n) is 2.33. The number of halogens is 1. The van der Waals surface area contributed by atoms with Gasteiger partial charge in [0.05, 0.1) is 6.42 Å². The summed E-state index contributed by atoms with van der Waals surface area (Å²) in [5.74, 6) is -0.854. The molecule has 0 aliphatic heterocycles. The fourth-order valence-corrected chi connectivity index (χ4v) is 2.53. The highest BCUT2D eigenvalue weighted by molar-refractivity contribution is 6.31. The molecule has 0 fully saturated rings. The van der Waals surface area contributed by atoms with Crippen molar-refractivity contribution in [2.45, 2.75) is 33.3 Å². The number of aryl methyl sites for hydroxylation is 2. The minimum absolute atomic E-state index is 0.0285. The van der Waals surface area contributed by atoms with Gasteiger partial charge < -0.3 is 10.1 Å². The van der Waals surface area contributed by atoms with Gasteiger partial charge in [0.15, 0.2) is 6.10 Å². The number of hydrogen-bond donors (Lipinski definition) is 1. The number of amides is 1. The molecule has 0 bridgehead atoms. The van der Waals surface area contributed by atoms with Crippen LogP contribution < -0.4 is 5.32 Å². The number of nitrogens with one attached hydrogen (secondary N) is 1. The van der Waals surface area contributed by atoms with E-state index in [4.69, 9.17) is 16.3 Å². The number of carbonyl (C=O) groups is 2. The molecule has 1 atom stereocenters. The van der Waals surface area contributed by atoms with Crippen molar-refractivity contribution in [1.82, 2.24) is 0 Å². The number of hydrogen-bond acceptors (Lipinski definition) is 3. The molecule has 2 aromatic rings. The van der Waals surface area contributed by atoms with Gasteiger partial charge in [-0.1, -0.05) is 48.0 Å². The van der Waals surface area contributed by atoms with Crippen LogP contribution in [0.25, 0.3) is 0 Å². The monoisotopic (exact) mass is 345 g/mol. The summed E-state index contributed by atoms with van der Waals surface area (Å²) in [6.07, 6.45) is -0.861. The average Bonchev–Trinajstić information content (AvgIpc) is 2.53. The molecule has 24 heavy (non-hydrogen) atoms. The topological polar surface area (TPSA) is 55.4 Å². The lowest BCUT2D eigenvalue weighted by Gasteiger charge is -2.16. The SMILES string of the molecule is Cc1cccc(C)c1NC(=O)[C@H](C)OC(=O)Cc1ccccc1Cl. The highest BCUT2D eigenvalue weighted by atomic mass is 35.5.